The maximum atomic E-state index is 13.7. The van der Waals surface area contributed by atoms with Crippen molar-refractivity contribution in [3.8, 4) is 0 Å². The van der Waals surface area contributed by atoms with Gasteiger partial charge in [0.1, 0.15) is 10.9 Å². The summed E-state index contributed by atoms with van der Waals surface area (Å²) >= 11 is 14.0. The Balaban J connectivity index is 1.40. The highest BCUT2D eigenvalue weighted by Gasteiger charge is 2.23. The number of carbonyl (C=O) groups is 3. The van der Waals surface area contributed by atoms with Gasteiger partial charge in [0, 0.05) is 21.8 Å². The van der Waals surface area contributed by atoms with Crippen molar-refractivity contribution in [2.24, 2.45) is 0 Å². The predicted octanol–water partition coefficient (Wildman–Crippen LogP) is 9.49. The smallest absolute Gasteiger partial charge is 0.272 e. The van der Waals surface area contributed by atoms with E-state index in [9.17, 15) is 14.4 Å². The van der Waals surface area contributed by atoms with Crippen molar-refractivity contribution in [1.82, 2.24) is 5.32 Å². The minimum absolute atomic E-state index is 0.0314. The molecule has 1 unspecified atom stereocenters. The molecular weight excluding hydrogens is 649 g/mol. The van der Waals surface area contributed by atoms with Crippen LogP contribution in [0.15, 0.2) is 132 Å². The molecule has 9 heteroatoms. The molecule has 0 saturated carbocycles. The molecule has 3 amide bonds. The van der Waals surface area contributed by atoms with E-state index in [2.05, 4.69) is 22.0 Å². The van der Waals surface area contributed by atoms with Gasteiger partial charge in [0.25, 0.3) is 11.8 Å². The summed E-state index contributed by atoms with van der Waals surface area (Å²) in [6.07, 6.45) is 1.48. The van der Waals surface area contributed by atoms with E-state index in [1.165, 1.54) is 17.8 Å². The van der Waals surface area contributed by atoms with Crippen LogP contribution in [0.25, 0.3) is 6.08 Å². The van der Waals surface area contributed by atoms with E-state index >= 15 is 0 Å². The van der Waals surface area contributed by atoms with Crippen LogP contribution in [0.1, 0.15) is 37.9 Å². The molecular formula is C38H31Cl2N3O3S. The highest BCUT2D eigenvalue weighted by molar-refractivity contribution is 8.00. The van der Waals surface area contributed by atoms with Crippen LogP contribution in [0.3, 0.4) is 0 Å². The van der Waals surface area contributed by atoms with Crippen molar-refractivity contribution in [1.29, 1.82) is 0 Å². The Hall–Kier alpha value is -4.82. The normalized spacial score (nSPS) is 11.8. The lowest BCUT2D eigenvalue weighted by Gasteiger charge is -2.18. The molecule has 1 atom stereocenters. The zero-order chi connectivity index (χ0) is 33.3. The Bertz CT molecular complexity index is 1930. The van der Waals surface area contributed by atoms with E-state index in [-0.39, 0.29) is 16.6 Å². The van der Waals surface area contributed by atoms with Gasteiger partial charge in [0.05, 0.1) is 10.0 Å². The fourth-order valence-electron chi connectivity index (χ4n) is 4.87. The second-order valence-electron chi connectivity index (χ2n) is 10.8. The Morgan fingerprint density at radius 2 is 1.36 bits per heavy atom. The first-order valence-corrected chi connectivity index (χ1v) is 16.3. The maximum Gasteiger partial charge on any atom is 0.272 e. The summed E-state index contributed by atoms with van der Waals surface area (Å²) < 4.78 is 0. The molecule has 0 radical (unpaired) electrons. The lowest BCUT2D eigenvalue weighted by Crippen LogP contribution is -2.30. The second kappa shape index (κ2) is 15.6. The SMILES string of the molecule is Cc1cc(C)cc(NC(=O)C(Sc2cccc(NC(=O)/C(=C\c3cccc(Cl)c3Cl)NC(=O)c3ccccc3)c2)c2ccccc2)c1. The summed E-state index contributed by atoms with van der Waals surface area (Å²) in [6, 6.07) is 36.2. The number of halogens is 2. The predicted molar refractivity (Wildman–Crippen MR) is 193 cm³/mol. The first kappa shape index (κ1) is 33.5. The molecule has 0 bridgehead atoms. The Kier molecular flexibility index (Phi) is 11.2. The highest BCUT2D eigenvalue weighted by Crippen LogP contribution is 2.37. The molecule has 0 spiro atoms. The van der Waals surface area contributed by atoms with Crippen molar-refractivity contribution < 1.29 is 14.4 Å². The molecule has 6 nitrogen and oxygen atoms in total. The number of hydrogen-bond acceptors (Lipinski definition) is 4. The third-order valence-electron chi connectivity index (χ3n) is 6.99. The van der Waals surface area contributed by atoms with Gasteiger partial charge in [-0.15, -0.1) is 11.8 Å². The standard InChI is InChI=1S/C38H31Cl2N3O3S/c1-24-19-25(2)21-30(20-24)42-38(46)35(26-11-5-3-6-12-26)47-31-17-10-16-29(23-31)41-37(45)33(22-28-15-9-18-32(39)34(28)40)43-36(44)27-13-7-4-8-14-27/h3-23,35H,1-2H3,(H,41,45)(H,42,46)(H,43,44)/b33-22+. The van der Waals surface area contributed by atoms with Gasteiger partial charge >= 0.3 is 0 Å². The zero-order valence-electron chi connectivity index (χ0n) is 25.6. The van der Waals surface area contributed by atoms with Crippen molar-refractivity contribution in [2.45, 2.75) is 24.0 Å². The first-order valence-electron chi connectivity index (χ1n) is 14.7. The number of amides is 3. The van der Waals surface area contributed by atoms with Crippen LogP contribution in [-0.4, -0.2) is 17.7 Å². The maximum absolute atomic E-state index is 13.7. The van der Waals surface area contributed by atoms with Crippen LogP contribution in [0.2, 0.25) is 10.0 Å². The number of benzene rings is 5. The summed E-state index contributed by atoms with van der Waals surface area (Å²) in [5, 5.41) is 8.65. The topological polar surface area (TPSA) is 87.3 Å². The molecule has 0 aliphatic heterocycles. The Labute approximate surface area is 288 Å². The monoisotopic (exact) mass is 679 g/mol. The van der Waals surface area contributed by atoms with E-state index < -0.39 is 17.1 Å². The van der Waals surface area contributed by atoms with Crippen molar-refractivity contribution >= 4 is 70.1 Å². The molecule has 0 heterocycles. The molecule has 0 saturated heterocycles. The average molecular weight is 681 g/mol. The Morgan fingerprint density at radius 3 is 2.06 bits per heavy atom. The van der Waals surface area contributed by atoms with E-state index in [4.69, 9.17) is 23.2 Å². The average Bonchev–Trinajstić information content (AvgIpc) is 3.05. The number of nitrogens with one attached hydrogen (secondary N) is 3. The van der Waals surface area contributed by atoms with Crippen LogP contribution in [0.4, 0.5) is 11.4 Å². The third-order valence-corrected chi connectivity index (χ3v) is 9.07. The van der Waals surface area contributed by atoms with Crippen molar-refractivity contribution in [3.05, 3.63) is 165 Å². The zero-order valence-corrected chi connectivity index (χ0v) is 27.9. The van der Waals surface area contributed by atoms with E-state index in [0.29, 0.717) is 21.8 Å². The molecule has 47 heavy (non-hydrogen) atoms. The van der Waals surface area contributed by atoms with Gasteiger partial charge in [-0.1, -0.05) is 96.0 Å². The molecule has 236 valence electrons. The third kappa shape index (κ3) is 9.14. The van der Waals surface area contributed by atoms with Crippen molar-refractivity contribution in [3.63, 3.8) is 0 Å². The summed E-state index contributed by atoms with van der Waals surface area (Å²) in [6.45, 7) is 3.98. The summed E-state index contributed by atoms with van der Waals surface area (Å²) in [5.74, 6) is -1.21. The van der Waals surface area contributed by atoms with Gasteiger partial charge in [-0.2, -0.15) is 0 Å². The number of anilines is 2. The van der Waals surface area contributed by atoms with Crippen LogP contribution < -0.4 is 16.0 Å². The van der Waals surface area contributed by atoms with Crippen molar-refractivity contribution in [2.75, 3.05) is 10.6 Å². The summed E-state index contributed by atoms with van der Waals surface area (Å²) in [7, 11) is 0. The van der Waals surface area contributed by atoms with Gasteiger partial charge in [0.2, 0.25) is 5.91 Å². The van der Waals surface area contributed by atoms with E-state index in [0.717, 1.165) is 27.3 Å². The molecule has 0 aliphatic rings. The second-order valence-corrected chi connectivity index (χ2v) is 12.7. The van der Waals surface area contributed by atoms with E-state index in [1.807, 2.05) is 62.4 Å². The summed E-state index contributed by atoms with van der Waals surface area (Å²) in [5.41, 5.74) is 4.95. The van der Waals surface area contributed by atoms with Crippen LogP contribution in [0.5, 0.6) is 0 Å². The van der Waals surface area contributed by atoms with Gasteiger partial charge in [-0.3, -0.25) is 14.4 Å². The van der Waals surface area contributed by atoms with Gasteiger partial charge in [0.15, 0.2) is 0 Å². The lowest BCUT2D eigenvalue weighted by atomic mass is 10.1. The van der Waals surface area contributed by atoms with Gasteiger partial charge in [-0.25, -0.2) is 0 Å². The molecule has 0 aliphatic carbocycles. The molecule has 5 aromatic carbocycles. The number of carbonyl (C=O) groups excluding carboxylic acids is 3. The van der Waals surface area contributed by atoms with Crippen LogP contribution in [-0.2, 0) is 9.59 Å². The first-order chi connectivity index (χ1) is 22.7. The molecule has 0 fully saturated rings. The molecule has 5 aromatic rings. The molecule has 5 rings (SSSR count). The minimum atomic E-state index is -0.575. The van der Waals surface area contributed by atoms with Crippen LogP contribution in [0, 0.1) is 13.8 Å². The number of rotatable bonds is 10. The van der Waals surface area contributed by atoms with E-state index in [1.54, 1.807) is 66.7 Å². The molecule has 0 aromatic heterocycles. The fourth-order valence-corrected chi connectivity index (χ4v) is 6.31. The van der Waals surface area contributed by atoms with Crippen LogP contribution >= 0.6 is 35.0 Å². The largest absolute Gasteiger partial charge is 0.325 e. The summed E-state index contributed by atoms with van der Waals surface area (Å²) in [4.78, 5) is 41.1. The number of hydrogen-bond donors (Lipinski definition) is 3. The quantitative estimate of drug-likeness (QED) is 0.101. The van der Waals surface area contributed by atoms with Gasteiger partial charge in [-0.05, 0) is 90.7 Å². The lowest BCUT2D eigenvalue weighted by molar-refractivity contribution is -0.116. The Morgan fingerprint density at radius 1 is 0.702 bits per heavy atom. The molecule has 3 N–H and O–H groups in total. The fraction of sp³-hybridized carbons (Fsp3) is 0.0789. The van der Waals surface area contributed by atoms with Gasteiger partial charge < -0.3 is 16.0 Å². The number of thioether (sulfide) groups is 1. The number of aryl methyl sites for hydroxylation is 2. The highest BCUT2D eigenvalue weighted by atomic mass is 35.5. The minimum Gasteiger partial charge on any atom is -0.325 e.